The lowest BCUT2D eigenvalue weighted by atomic mass is 10.3. The molecule has 17 heavy (non-hydrogen) atoms. The van der Waals surface area contributed by atoms with E-state index in [4.69, 9.17) is 0 Å². The van der Waals surface area contributed by atoms with Gasteiger partial charge in [0.2, 0.25) is 0 Å². The van der Waals surface area contributed by atoms with E-state index in [1.54, 1.807) is 0 Å². The van der Waals surface area contributed by atoms with Crippen LogP contribution < -0.4 is 5.32 Å². The van der Waals surface area contributed by atoms with Gasteiger partial charge in [0, 0.05) is 11.8 Å². The van der Waals surface area contributed by atoms with Gasteiger partial charge in [-0.05, 0) is 31.5 Å². The van der Waals surface area contributed by atoms with Crippen LogP contribution in [0.4, 0.5) is 0 Å². The number of fused-ring (bicyclic) bond motifs is 1. The van der Waals surface area contributed by atoms with Crippen molar-refractivity contribution in [3.8, 4) is 0 Å². The molecule has 1 fully saturated rings. The van der Waals surface area contributed by atoms with E-state index in [9.17, 15) is 4.21 Å². The van der Waals surface area contributed by atoms with E-state index in [0.29, 0.717) is 17.0 Å². The number of hydrogen-bond donors (Lipinski definition) is 2. The predicted octanol–water partition coefficient (Wildman–Crippen LogP) is 1.42. The summed E-state index contributed by atoms with van der Waals surface area (Å²) in [6, 6.07) is 8.15. The Hall–Kier alpha value is -1.20. The lowest BCUT2D eigenvalue weighted by Gasteiger charge is -2.07. The first-order chi connectivity index (χ1) is 8.33. The van der Waals surface area contributed by atoms with Crippen molar-refractivity contribution in [1.29, 1.82) is 0 Å². The van der Waals surface area contributed by atoms with Gasteiger partial charge in [0.25, 0.3) is 0 Å². The van der Waals surface area contributed by atoms with E-state index in [2.05, 4.69) is 15.3 Å². The molecule has 0 aliphatic carbocycles. The molecule has 0 spiro atoms. The van der Waals surface area contributed by atoms with Crippen LogP contribution in [0.3, 0.4) is 0 Å². The van der Waals surface area contributed by atoms with Crippen molar-refractivity contribution in [2.24, 2.45) is 0 Å². The van der Waals surface area contributed by atoms with Gasteiger partial charge in [0.15, 0.2) is 5.16 Å². The summed E-state index contributed by atoms with van der Waals surface area (Å²) in [4.78, 5) is 7.50. The van der Waals surface area contributed by atoms with Crippen molar-refractivity contribution in [2.75, 3.05) is 12.3 Å². The number of benzene rings is 1. The van der Waals surface area contributed by atoms with Gasteiger partial charge in [-0.1, -0.05) is 12.1 Å². The predicted molar refractivity (Wildman–Crippen MR) is 68.4 cm³/mol. The number of nitrogens with one attached hydrogen (secondary N) is 2. The Labute approximate surface area is 102 Å². The lowest BCUT2D eigenvalue weighted by molar-refractivity contribution is 0.639. The van der Waals surface area contributed by atoms with Gasteiger partial charge in [0.1, 0.15) is 0 Å². The van der Waals surface area contributed by atoms with Crippen molar-refractivity contribution in [2.45, 2.75) is 24.0 Å². The fourth-order valence-electron chi connectivity index (χ4n) is 2.20. The molecule has 0 amide bonds. The van der Waals surface area contributed by atoms with E-state index in [-0.39, 0.29) is 0 Å². The maximum absolute atomic E-state index is 12.1. The normalized spacial score (nSPS) is 22.0. The molecule has 2 aromatic rings. The zero-order chi connectivity index (χ0) is 11.7. The minimum atomic E-state index is -1.04. The zero-order valence-corrected chi connectivity index (χ0v) is 10.3. The van der Waals surface area contributed by atoms with Gasteiger partial charge >= 0.3 is 0 Å². The van der Waals surface area contributed by atoms with Gasteiger partial charge in [-0.15, -0.1) is 0 Å². The van der Waals surface area contributed by atoms with Crippen LogP contribution in [0.1, 0.15) is 12.8 Å². The molecular weight excluding hydrogens is 234 g/mol. The Morgan fingerprint density at radius 2 is 2.29 bits per heavy atom. The van der Waals surface area contributed by atoms with Crippen LogP contribution in [0, 0.1) is 0 Å². The monoisotopic (exact) mass is 249 g/mol. The minimum absolute atomic E-state index is 0.379. The van der Waals surface area contributed by atoms with Crippen molar-refractivity contribution in [3.63, 3.8) is 0 Å². The molecule has 1 aliphatic rings. The maximum atomic E-state index is 12.1. The number of aromatic amines is 1. The molecule has 1 aromatic heterocycles. The summed E-state index contributed by atoms with van der Waals surface area (Å²) in [5, 5.41) is 3.95. The summed E-state index contributed by atoms with van der Waals surface area (Å²) < 4.78 is 12.1. The average molecular weight is 249 g/mol. The van der Waals surface area contributed by atoms with Crippen LogP contribution in [-0.2, 0) is 10.8 Å². The second kappa shape index (κ2) is 4.58. The largest absolute Gasteiger partial charge is 0.331 e. The van der Waals surface area contributed by atoms with Crippen LogP contribution in [0.15, 0.2) is 29.4 Å². The minimum Gasteiger partial charge on any atom is -0.331 e. The molecule has 0 unspecified atom stereocenters. The highest BCUT2D eigenvalue weighted by molar-refractivity contribution is 7.84. The van der Waals surface area contributed by atoms with Crippen LogP contribution in [-0.4, -0.2) is 32.5 Å². The Morgan fingerprint density at radius 3 is 3.06 bits per heavy atom. The molecule has 2 N–H and O–H groups in total. The molecule has 5 heteroatoms. The Kier molecular flexibility index (Phi) is 2.94. The van der Waals surface area contributed by atoms with E-state index in [1.165, 1.54) is 6.42 Å². The van der Waals surface area contributed by atoms with Crippen molar-refractivity contribution < 1.29 is 4.21 Å². The lowest BCUT2D eigenvalue weighted by Crippen LogP contribution is -2.27. The third-order valence-corrected chi connectivity index (χ3v) is 4.43. The smallest absolute Gasteiger partial charge is 0.197 e. The van der Waals surface area contributed by atoms with E-state index < -0.39 is 10.8 Å². The van der Waals surface area contributed by atoms with Crippen molar-refractivity contribution in [3.05, 3.63) is 24.3 Å². The van der Waals surface area contributed by atoms with Crippen LogP contribution in [0.5, 0.6) is 0 Å². The first kappa shape index (κ1) is 10.9. The molecule has 1 aliphatic heterocycles. The molecule has 90 valence electrons. The van der Waals surface area contributed by atoms with Gasteiger partial charge in [-0.25, -0.2) is 4.98 Å². The zero-order valence-electron chi connectivity index (χ0n) is 9.48. The number of hydrogen-bond acceptors (Lipinski definition) is 3. The first-order valence-corrected chi connectivity index (χ1v) is 7.21. The number of H-pyrrole nitrogens is 1. The summed E-state index contributed by atoms with van der Waals surface area (Å²) >= 11 is 0. The fourth-order valence-corrected chi connectivity index (χ4v) is 3.43. The van der Waals surface area contributed by atoms with Gasteiger partial charge in [-0.3, -0.25) is 4.21 Å². The highest BCUT2D eigenvalue weighted by atomic mass is 32.2. The molecule has 1 aromatic carbocycles. The van der Waals surface area contributed by atoms with E-state index in [1.807, 2.05) is 24.3 Å². The van der Waals surface area contributed by atoms with Gasteiger partial charge in [0.05, 0.1) is 21.8 Å². The number of rotatable bonds is 3. The second-order valence-electron chi connectivity index (χ2n) is 4.36. The number of para-hydroxylation sites is 2. The Balaban J connectivity index is 1.80. The standard InChI is InChI=1S/C12H15N3OS/c16-17(8-9-4-3-7-13-9)12-14-10-5-1-2-6-11(10)15-12/h1-2,5-6,9,13H,3-4,7-8H2,(H,14,15)/t9-,17-/m1/s1. The first-order valence-electron chi connectivity index (χ1n) is 5.89. The molecule has 3 rings (SSSR count). The summed E-state index contributed by atoms with van der Waals surface area (Å²) in [6.07, 6.45) is 2.30. The van der Waals surface area contributed by atoms with Gasteiger partial charge < -0.3 is 10.3 Å². The number of aromatic nitrogens is 2. The number of nitrogens with zero attached hydrogens (tertiary/aromatic N) is 1. The molecular formula is C12H15N3OS. The summed E-state index contributed by atoms with van der Waals surface area (Å²) in [5.74, 6) is 0.653. The van der Waals surface area contributed by atoms with Crippen molar-refractivity contribution in [1.82, 2.24) is 15.3 Å². The van der Waals surface area contributed by atoms with E-state index >= 15 is 0 Å². The molecule has 4 nitrogen and oxygen atoms in total. The average Bonchev–Trinajstić information content (AvgIpc) is 2.96. The summed E-state index contributed by atoms with van der Waals surface area (Å²) in [6.45, 7) is 1.04. The van der Waals surface area contributed by atoms with Crippen LogP contribution in [0.25, 0.3) is 11.0 Å². The summed E-state index contributed by atoms with van der Waals surface area (Å²) in [5.41, 5.74) is 1.84. The molecule has 0 radical (unpaired) electrons. The van der Waals surface area contributed by atoms with E-state index in [0.717, 1.165) is 24.0 Å². The third kappa shape index (κ3) is 2.25. The highest BCUT2D eigenvalue weighted by Crippen LogP contribution is 2.15. The quantitative estimate of drug-likeness (QED) is 0.865. The molecule has 1 saturated heterocycles. The van der Waals surface area contributed by atoms with Crippen LogP contribution in [0.2, 0.25) is 0 Å². The summed E-state index contributed by atoms with van der Waals surface area (Å²) in [7, 11) is -1.04. The fraction of sp³-hybridized carbons (Fsp3) is 0.417. The SMILES string of the molecule is O=[S@](C[C@H]1CCCN1)c1nc2ccccc2[nH]1. The molecule has 0 saturated carbocycles. The van der Waals surface area contributed by atoms with Gasteiger partial charge in [-0.2, -0.15) is 0 Å². The third-order valence-electron chi connectivity index (χ3n) is 3.10. The topological polar surface area (TPSA) is 57.8 Å². The molecule has 2 heterocycles. The highest BCUT2D eigenvalue weighted by Gasteiger charge is 2.19. The van der Waals surface area contributed by atoms with Crippen LogP contribution >= 0.6 is 0 Å². The molecule has 0 bridgehead atoms. The molecule has 2 atom stereocenters. The van der Waals surface area contributed by atoms with Crippen molar-refractivity contribution >= 4 is 21.8 Å². The Bertz CT molecular complexity index is 512. The second-order valence-corrected chi connectivity index (χ2v) is 5.78. The number of imidazole rings is 1. The maximum Gasteiger partial charge on any atom is 0.197 e. The Morgan fingerprint density at radius 1 is 1.41 bits per heavy atom.